The van der Waals surface area contributed by atoms with E-state index < -0.39 is 6.10 Å². The van der Waals surface area contributed by atoms with Gasteiger partial charge in [-0.05, 0) is 19.1 Å². The molecule has 0 bridgehead atoms. The van der Waals surface area contributed by atoms with Crippen LogP contribution in [0.2, 0.25) is 0 Å². The van der Waals surface area contributed by atoms with Gasteiger partial charge in [0.05, 0.1) is 32.0 Å². The lowest BCUT2D eigenvalue weighted by Crippen LogP contribution is -2.49. The highest BCUT2D eigenvalue weighted by Crippen LogP contribution is 2.23. The highest BCUT2D eigenvalue weighted by atomic mass is 16.5. The molecule has 2 saturated heterocycles. The molecule has 2 aliphatic rings. The fourth-order valence-corrected chi connectivity index (χ4v) is 3.18. The van der Waals surface area contributed by atoms with E-state index in [2.05, 4.69) is 9.88 Å². The van der Waals surface area contributed by atoms with Crippen molar-refractivity contribution in [3.63, 3.8) is 0 Å². The Kier molecular flexibility index (Phi) is 5.09. The van der Waals surface area contributed by atoms with Crippen LogP contribution in [-0.4, -0.2) is 83.9 Å². The lowest BCUT2D eigenvalue weighted by atomic mass is 10.1. The van der Waals surface area contributed by atoms with E-state index in [9.17, 15) is 9.90 Å². The van der Waals surface area contributed by atoms with Crippen LogP contribution in [0, 0.1) is 0 Å². The van der Waals surface area contributed by atoms with Crippen molar-refractivity contribution in [1.82, 2.24) is 14.8 Å². The van der Waals surface area contributed by atoms with Crippen LogP contribution < -0.4 is 4.74 Å². The number of aliphatic hydroxyl groups excluding tert-OH is 1. The third-order valence-electron chi connectivity index (χ3n) is 4.34. The number of hydrogen-bond donors (Lipinski definition) is 1. The van der Waals surface area contributed by atoms with Gasteiger partial charge in [-0.25, -0.2) is 4.98 Å². The maximum atomic E-state index is 12.8. The number of likely N-dealkylation sites (tertiary alicyclic amines) is 1. The minimum Gasteiger partial charge on any atom is -0.477 e. The molecule has 23 heavy (non-hydrogen) atoms. The van der Waals surface area contributed by atoms with Gasteiger partial charge in [-0.1, -0.05) is 0 Å². The second kappa shape index (κ2) is 7.25. The minimum absolute atomic E-state index is 0.0323. The van der Waals surface area contributed by atoms with E-state index in [0.29, 0.717) is 44.4 Å². The van der Waals surface area contributed by atoms with E-state index in [1.165, 1.54) is 0 Å². The molecule has 1 N–H and O–H groups in total. The molecular weight excluding hydrogens is 298 g/mol. The molecule has 2 atom stereocenters. The van der Waals surface area contributed by atoms with Gasteiger partial charge >= 0.3 is 0 Å². The van der Waals surface area contributed by atoms with E-state index in [-0.39, 0.29) is 11.9 Å². The van der Waals surface area contributed by atoms with Crippen molar-refractivity contribution in [1.29, 1.82) is 0 Å². The summed E-state index contributed by atoms with van der Waals surface area (Å²) < 4.78 is 10.8. The second-order valence-electron chi connectivity index (χ2n) is 5.78. The van der Waals surface area contributed by atoms with Crippen LogP contribution in [0.5, 0.6) is 5.88 Å². The van der Waals surface area contributed by atoms with E-state index in [4.69, 9.17) is 9.47 Å². The third-order valence-corrected chi connectivity index (χ3v) is 4.34. The van der Waals surface area contributed by atoms with E-state index >= 15 is 0 Å². The van der Waals surface area contributed by atoms with Gasteiger partial charge < -0.3 is 19.5 Å². The highest BCUT2D eigenvalue weighted by Gasteiger charge is 2.39. The number of ether oxygens (including phenoxy) is 2. The predicted molar refractivity (Wildman–Crippen MR) is 83.5 cm³/mol. The van der Waals surface area contributed by atoms with Crippen molar-refractivity contribution in [3.05, 3.63) is 23.9 Å². The van der Waals surface area contributed by atoms with Gasteiger partial charge in [0.15, 0.2) is 0 Å². The Morgan fingerprint density at radius 2 is 2.22 bits per heavy atom. The number of hydrogen-bond acceptors (Lipinski definition) is 6. The molecule has 0 aromatic carbocycles. The molecule has 0 radical (unpaired) electrons. The van der Waals surface area contributed by atoms with Crippen LogP contribution >= 0.6 is 0 Å². The van der Waals surface area contributed by atoms with Crippen LogP contribution in [0.25, 0.3) is 0 Å². The van der Waals surface area contributed by atoms with Crippen molar-refractivity contribution in [2.45, 2.75) is 19.1 Å². The van der Waals surface area contributed by atoms with Gasteiger partial charge in [0.1, 0.15) is 5.56 Å². The zero-order chi connectivity index (χ0) is 16.2. The number of nitrogens with zero attached hydrogens (tertiary/aromatic N) is 3. The second-order valence-corrected chi connectivity index (χ2v) is 5.78. The van der Waals surface area contributed by atoms with Crippen LogP contribution in [0.3, 0.4) is 0 Å². The normalized spacial score (nSPS) is 25.6. The Morgan fingerprint density at radius 3 is 2.96 bits per heavy atom. The molecule has 0 aliphatic carbocycles. The van der Waals surface area contributed by atoms with E-state index in [1.807, 2.05) is 6.92 Å². The van der Waals surface area contributed by atoms with Crippen molar-refractivity contribution >= 4 is 5.91 Å². The first-order chi connectivity index (χ1) is 11.2. The summed E-state index contributed by atoms with van der Waals surface area (Å²) in [6.45, 7) is 6.10. The molecular formula is C16H23N3O4. The van der Waals surface area contributed by atoms with Crippen LogP contribution in [0.15, 0.2) is 18.3 Å². The molecule has 2 fully saturated rings. The van der Waals surface area contributed by atoms with Crippen LogP contribution in [0.4, 0.5) is 0 Å². The molecule has 0 saturated carbocycles. The molecule has 0 unspecified atom stereocenters. The Hall–Kier alpha value is -1.70. The lowest BCUT2D eigenvalue weighted by molar-refractivity contribution is -0.00611. The van der Waals surface area contributed by atoms with E-state index in [1.54, 1.807) is 23.2 Å². The molecule has 1 amide bonds. The van der Waals surface area contributed by atoms with Gasteiger partial charge in [-0.3, -0.25) is 9.69 Å². The molecule has 3 heterocycles. The first-order valence-electron chi connectivity index (χ1n) is 8.07. The number of aliphatic hydroxyl groups is 1. The summed E-state index contributed by atoms with van der Waals surface area (Å²) in [4.78, 5) is 20.8. The Balaban J connectivity index is 1.71. The van der Waals surface area contributed by atoms with Gasteiger partial charge in [-0.2, -0.15) is 0 Å². The average molecular weight is 321 g/mol. The Bertz CT molecular complexity index is 548. The Morgan fingerprint density at radius 1 is 1.43 bits per heavy atom. The maximum absolute atomic E-state index is 12.8. The monoisotopic (exact) mass is 321 g/mol. The summed E-state index contributed by atoms with van der Waals surface area (Å²) in [6, 6.07) is 3.41. The van der Waals surface area contributed by atoms with Crippen LogP contribution in [0.1, 0.15) is 17.3 Å². The quantitative estimate of drug-likeness (QED) is 0.841. The number of β-amino-alcohol motifs (C(OH)–C–C–N with tert-alkyl or cyclic N) is 1. The van der Waals surface area contributed by atoms with Crippen molar-refractivity contribution in [2.24, 2.45) is 0 Å². The number of morpholine rings is 1. The van der Waals surface area contributed by atoms with Crippen molar-refractivity contribution in [3.8, 4) is 5.88 Å². The molecule has 0 spiro atoms. The van der Waals surface area contributed by atoms with Crippen molar-refractivity contribution < 1.29 is 19.4 Å². The maximum Gasteiger partial charge on any atom is 0.259 e. The zero-order valence-electron chi connectivity index (χ0n) is 13.4. The smallest absolute Gasteiger partial charge is 0.259 e. The first-order valence-corrected chi connectivity index (χ1v) is 8.07. The number of carbonyl (C=O) groups is 1. The number of pyridine rings is 1. The summed E-state index contributed by atoms with van der Waals surface area (Å²) >= 11 is 0. The number of rotatable bonds is 4. The molecule has 2 aliphatic heterocycles. The predicted octanol–water partition coefficient (Wildman–Crippen LogP) is -0.00220. The average Bonchev–Trinajstić information content (AvgIpc) is 2.98. The van der Waals surface area contributed by atoms with E-state index in [0.717, 1.165) is 13.1 Å². The van der Waals surface area contributed by atoms with Gasteiger partial charge in [0.2, 0.25) is 5.88 Å². The molecule has 7 heteroatoms. The fourth-order valence-electron chi connectivity index (χ4n) is 3.18. The molecule has 1 aromatic heterocycles. The van der Waals surface area contributed by atoms with Crippen LogP contribution in [-0.2, 0) is 4.74 Å². The topological polar surface area (TPSA) is 75.1 Å². The Labute approximate surface area is 135 Å². The standard InChI is InChI=1S/C16H23N3O4/c1-2-23-15-12(4-3-5-17-15)16(21)19-10-13(14(20)11-19)18-6-8-22-9-7-18/h3-5,13-14,20H,2,6-11H2,1H3/t13-,14-/m1/s1. The number of aromatic nitrogens is 1. The summed E-state index contributed by atoms with van der Waals surface area (Å²) in [5, 5.41) is 10.4. The summed E-state index contributed by atoms with van der Waals surface area (Å²) in [5.74, 6) is 0.209. The minimum atomic E-state index is -0.538. The number of carbonyl (C=O) groups excluding carboxylic acids is 1. The molecule has 3 rings (SSSR count). The third kappa shape index (κ3) is 3.46. The fraction of sp³-hybridized carbons (Fsp3) is 0.625. The number of amides is 1. The summed E-state index contributed by atoms with van der Waals surface area (Å²) in [7, 11) is 0. The summed E-state index contributed by atoms with van der Waals surface area (Å²) in [5.41, 5.74) is 0.448. The first kappa shape index (κ1) is 16.2. The SMILES string of the molecule is CCOc1ncccc1C(=O)N1C[C@@H](O)[C@H](N2CCOCC2)C1. The lowest BCUT2D eigenvalue weighted by Gasteiger charge is -2.33. The van der Waals surface area contributed by atoms with Gasteiger partial charge in [0, 0.05) is 32.4 Å². The molecule has 1 aromatic rings. The molecule has 7 nitrogen and oxygen atoms in total. The highest BCUT2D eigenvalue weighted by molar-refractivity contribution is 5.96. The van der Waals surface area contributed by atoms with Gasteiger partial charge in [-0.15, -0.1) is 0 Å². The van der Waals surface area contributed by atoms with Crippen molar-refractivity contribution in [2.75, 3.05) is 46.0 Å². The van der Waals surface area contributed by atoms with Gasteiger partial charge in [0.25, 0.3) is 5.91 Å². The largest absolute Gasteiger partial charge is 0.477 e. The summed E-state index contributed by atoms with van der Waals surface area (Å²) in [6.07, 6.45) is 1.07. The molecule has 126 valence electrons. The zero-order valence-corrected chi connectivity index (χ0v) is 13.4.